The molecule has 0 aliphatic rings. The molecule has 0 atom stereocenters. The average molecular weight is 740 g/mol. The molecule has 0 bridgehead atoms. The summed E-state index contributed by atoms with van der Waals surface area (Å²) >= 11 is 17.9. The number of rotatable bonds is 0. The van der Waals surface area contributed by atoms with Gasteiger partial charge in [-0.1, -0.05) is 172 Å². The van der Waals surface area contributed by atoms with Crippen LogP contribution in [0.1, 0.15) is 116 Å². The Bertz CT molecular complexity index is 1570. The smallest absolute Gasteiger partial charge is 0.207 e. The number of hydrogen-bond acceptors (Lipinski definition) is 0. The number of aryl methyl sites for hydroxylation is 1. The van der Waals surface area contributed by atoms with Gasteiger partial charge < -0.3 is 0 Å². The topological polar surface area (TPSA) is 0 Å². The molecule has 0 aromatic heterocycles. The molecule has 0 N–H and O–H groups in total. The molecule has 0 spiro atoms. The van der Waals surface area contributed by atoms with Gasteiger partial charge in [-0.05, 0) is 86.7 Å². The second kappa shape index (κ2) is 17.6. The van der Waals surface area contributed by atoms with Gasteiger partial charge >= 0.3 is 6.18 Å². The Morgan fingerprint density at radius 3 is 1.22 bits per heavy atom. The van der Waals surface area contributed by atoms with Crippen LogP contribution in [0.15, 0.2) is 84.9 Å². The van der Waals surface area contributed by atoms with E-state index in [9.17, 15) is 17.6 Å². The van der Waals surface area contributed by atoms with E-state index in [1.54, 1.807) is 39.0 Å². The molecule has 0 amide bonds. The molecule has 270 valence electrons. The first-order valence-corrected chi connectivity index (χ1v) is 17.3. The number of benzene rings is 4. The van der Waals surface area contributed by atoms with Crippen LogP contribution in [-0.2, 0) is 27.8 Å². The van der Waals surface area contributed by atoms with Crippen molar-refractivity contribution in [1.82, 2.24) is 0 Å². The van der Waals surface area contributed by atoms with Gasteiger partial charge in [0.25, 0.3) is 0 Å². The first-order valence-electron chi connectivity index (χ1n) is 16.2. The Morgan fingerprint density at radius 1 is 0.449 bits per heavy atom. The molecule has 4 aromatic carbocycles. The molecule has 0 radical (unpaired) electrons. The van der Waals surface area contributed by atoms with Crippen LogP contribution in [0.5, 0.6) is 0 Å². The van der Waals surface area contributed by atoms with E-state index in [0.717, 1.165) is 27.2 Å². The summed E-state index contributed by atoms with van der Waals surface area (Å²) in [5, 5.41) is 2.31. The van der Waals surface area contributed by atoms with Crippen LogP contribution in [0.2, 0.25) is 15.1 Å². The van der Waals surface area contributed by atoms with Crippen molar-refractivity contribution in [3.05, 3.63) is 139 Å². The Hall–Kier alpha value is -2.53. The summed E-state index contributed by atoms with van der Waals surface area (Å²) in [6, 6.07) is 24.3. The molecule has 0 heterocycles. The Kier molecular flexibility index (Phi) is 16.0. The summed E-state index contributed by atoms with van der Waals surface area (Å²) in [6.45, 7) is 26.4. The number of hydrogen-bond donors (Lipinski definition) is 0. The molecule has 4 rings (SSSR count). The molecule has 0 saturated carbocycles. The summed E-state index contributed by atoms with van der Waals surface area (Å²) in [6.07, 6.45) is -4.26. The van der Waals surface area contributed by atoms with E-state index in [2.05, 4.69) is 54.5 Å². The van der Waals surface area contributed by atoms with E-state index in [-0.39, 0.29) is 22.1 Å². The molecule has 49 heavy (non-hydrogen) atoms. The quantitative estimate of drug-likeness (QED) is 0.158. The highest BCUT2D eigenvalue weighted by molar-refractivity contribution is 6.35. The fourth-order valence-corrected chi connectivity index (χ4v) is 6.33. The minimum Gasteiger partial charge on any atom is -0.207 e. The van der Waals surface area contributed by atoms with Gasteiger partial charge in [0, 0.05) is 15.1 Å². The molecule has 7 heteroatoms. The Morgan fingerprint density at radius 2 is 0.898 bits per heavy atom. The van der Waals surface area contributed by atoms with Crippen LogP contribution < -0.4 is 0 Å². The summed E-state index contributed by atoms with van der Waals surface area (Å²) in [5.41, 5.74) is 3.90. The molecule has 0 saturated heterocycles. The van der Waals surface area contributed by atoms with Crippen molar-refractivity contribution in [2.24, 2.45) is 0 Å². The second-order valence-electron chi connectivity index (χ2n) is 16.1. The third-order valence-corrected chi connectivity index (χ3v) is 8.30. The van der Waals surface area contributed by atoms with Crippen molar-refractivity contribution in [2.75, 3.05) is 0 Å². The van der Waals surface area contributed by atoms with Crippen LogP contribution in [0.25, 0.3) is 0 Å². The van der Waals surface area contributed by atoms with E-state index in [1.165, 1.54) is 29.3 Å². The maximum Gasteiger partial charge on any atom is 0.416 e. The summed E-state index contributed by atoms with van der Waals surface area (Å²) < 4.78 is 50.8. The molecular formula is C42H53Cl3F4. The summed E-state index contributed by atoms with van der Waals surface area (Å²) in [4.78, 5) is 0. The molecule has 0 aliphatic heterocycles. The van der Waals surface area contributed by atoms with Crippen molar-refractivity contribution in [2.45, 2.75) is 118 Å². The Labute approximate surface area is 308 Å². The normalized spacial score (nSPS) is 12.1. The second-order valence-corrected chi connectivity index (χ2v) is 17.3. The van der Waals surface area contributed by atoms with E-state index in [4.69, 9.17) is 34.8 Å². The van der Waals surface area contributed by atoms with Gasteiger partial charge in [-0.2, -0.15) is 13.2 Å². The highest BCUT2D eigenvalue weighted by atomic mass is 35.5. The fraction of sp³-hybridized carbons (Fsp3) is 0.429. The highest BCUT2D eigenvalue weighted by Crippen LogP contribution is 2.37. The lowest BCUT2D eigenvalue weighted by Gasteiger charge is -2.23. The van der Waals surface area contributed by atoms with Crippen LogP contribution in [-0.4, -0.2) is 0 Å². The first-order chi connectivity index (χ1) is 22.1. The van der Waals surface area contributed by atoms with Gasteiger partial charge in [0.15, 0.2) is 0 Å². The third-order valence-electron chi connectivity index (χ3n) is 7.43. The average Bonchev–Trinajstić information content (AvgIpc) is 2.91. The van der Waals surface area contributed by atoms with Gasteiger partial charge in [0.2, 0.25) is 0 Å². The van der Waals surface area contributed by atoms with Gasteiger partial charge in [-0.3, -0.25) is 0 Å². The lowest BCUT2D eigenvalue weighted by molar-refractivity contribution is -0.138. The van der Waals surface area contributed by atoms with E-state index < -0.39 is 17.2 Å². The van der Waals surface area contributed by atoms with E-state index in [0.29, 0.717) is 10.6 Å². The van der Waals surface area contributed by atoms with Crippen LogP contribution in [0.3, 0.4) is 0 Å². The van der Waals surface area contributed by atoms with E-state index >= 15 is 0 Å². The molecular weight excluding hydrogens is 687 g/mol. The van der Waals surface area contributed by atoms with E-state index in [1.807, 2.05) is 57.2 Å². The van der Waals surface area contributed by atoms with Gasteiger partial charge in [0.05, 0.1) is 5.56 Å². The van der Waals surface area contributed by atoms with Crippen LogP contribution in [0, 0.1) is 12.7 Å². The maximum absolute atomic E-state index is 13.1. The molecule has 0 fully saturated rings. The van der Waals surface area contributed by atoms with Crippen molar-refractivity contribution in [3.8, 4) is 0 Å². The summed E-state index contributed by atoms with van der Waals surface area (Å²) in [5.74, 6) is -0.111. The zero-order chi connectivity index (χ0) is 38.2. The standard InChI is InChI=1S/C11H15Cl.C11H13F3.C10H12Cl2.C10H13F/c1-8-6-5-7-9(12)10(8)11(2,3)4;1-10(2,3)8-6-4-5-7-9(8)11(12,13)14;1-10(2,3)8-5-4-7(11)6-9(8)12;1-10(2,3)8-6-4-5-7-9(8)11/h5-7H,1-4H3;4-7H,1-3H3;4-6H,1-3H3;4-7H,1-3H3. The number of halogens is 7. The largest absolute Gasteiger partial charge is 0.416 e. The van der Waals surface area contributed by atoms with Crippen molar-refractivity contribution in [3.63, 3.8) is 0 Å². The van der Waals surface area contributed by atoms with Crippen LogP contribution >= 0.6 is 34.8 Å². The van der Waals surface area contributed by atoms with Crippen LogP contribution in [0.4, 0.5) is 17.6 Å². The lowest BCUT2D eigenvalue weighted by atomic mass is 9.83. The molecule has 4 aromatic rings. The lowest BCUT2D eigenvalue weighted by Crippen LogP contribution is -2.19. The first kappa shape index (κ1) is 44.5. The number of alkyl halides is 3. The van der Waals surface area contributed by atoms with Crippen molar-refractivity contribution >= 4 is 34.8 Å². The van der Waals surface area contributed by atoms with Gasteiger partial charge in [-0.15, -0.1) is 0 Å². The SMILES string of the molecule is CC(C)(C)c1ccc(Cl)cc1Cl.CC(C)(C)c1ccccc1C(F)(F)F.CC(C)(C)c1ccccc1F.Cc1cccc(Cl)c1C(C)(C)C. The zero-order valence-electron chi connectivity index (χ0n) is 31.2. The third kappa shape index (κ3) is 14.7. The van der Waals surface area contributed by atoms with Crippen molar-refractivity contribution < 1.29 is 17.6 Å². The fourth-order valence-electron chi connectivity index (χ4n) is 5.13. The molecule has 0 nitrogen and oxygen atoms in total. The highest BCUT2D eigenvalue weighted by Gasteiger charge is 2.35. The summed E-state index contributed by atoms with van der Waals surface area (Å²) in [7, 11) is 0. The minimum absolute atomic E-state index is 0.0850. The predicted molar refractivity (Wildman–Crippen MR) is 205 cm³/mol. The van der Waals surface area contributed by atoms with Crippen molar-refractivity contribution in [1.29, 1.82) is 0 Å². The Balaban J connectivity index is 0.000000328. The molecule has 0 unspecified atom stereocenters. The van der Waals surface area contributed by atoms with Gasteiger partial charge in [-0.25, -0.2) is 4.39 Å². The van der Waals surface area contributed by atoms with Gasteiger partial charge in [0.1, 0.15) is 5.82 Å². The monoisotopic (exact) mass is 738 g/mol. The predicted octanol–water partition coefficient (Wildman–Crippen LogP) is 15.4. The zero-order valence-corrected chi connectivity index (χ0v) is 33.5. The maximum atomic E-state index is 13.1. The minimum atomic E-state index is -4.26. The molecule has 0 aliphatic carbocycles.